The van der Waals surface area contributed by atoms with Crippen molar-refractivity contribution >= 4 is 0 Å². The van der Waals surface area contributed by atoms with Crippen molar-refractivity contribution in [1.82, 2.24) is 9.80 Å². The van der Waals surface area contributed by atoms with E-state index in [2.05, 4.69) is 35.0 Å². The van der Waals surface area contributed by atoms with E-state index >= 15 is 0 Å². The Balaban J connectivity index is 1.47. The van der Waals surface area contributed by atoms with E-state index in [4.69, 9.17) is 9.47 Å². The van der Waals surface area contributed by atoms with Gasteiger partial charge in [0.25, 0.3) is 0 Å². The molecule has 0 radical (unpaired) electrons. The summed E-state index contributed by atoms with van der Waals surface area (Å²) in [5.41, 5.74) is 1.38. The lowest BCUT2D eigenvalue weighted by atomic mass is 10.0. The first kappa shape index (κ1) is 16.1. The summed E-state index contributed by atoms with van der Waals surface area (Å²) in [5, 5.41) is 9.24. The van der Waals surface area contributed by atoms with E-state index in [1.807, 2.05) is 0 Å². The van der Waals surface area contributed by atoms with Gasteiger partial charge in [-0.05, 0) is 19.8 Å². The SMILES string of the molecule is CC(CO)N1CCN(C2=COC(CC3=CC=CCC3)=CO2)CC1. The third kappa shape index (κ3) is 4.18. The Morgan fingerprint density at radius 2 is 2.00 bits per heavy atom. The molecule has 0 bridgehead atoms. The smallest absolute Gasteiger partial charge is 0.231 e. The highest BCUT2D eigenvalue weighted by Gasteiger charge is 2.24. The Morgan fingerprint density at radius 3 is 2.61 bits per heavy atom. The van der Waals surface area contributed by atoms with Crippen LogP contribution in [0.4, 0.5) is 0 Å². The molecule has 2 heterocycles. The zero-order valence-electron chi connectivity index (χ0n) is 13.8. The maximum Gasteiger partial charge on any atom is 0.231 e. The van der Waals surface area contributed by atoms with Crippen molar-refractivity contribution in [2.75, 3.05) is 32.8 Å². The minimum atomic E-state index is 0.208. The Bertz CT molecular complexity index is 528. The fourth-order valence-corrected chi connectivity index (χ4v) is 3.06. The van der Waals surface area contributed by atoms with Crippen molar-refractivity contribution in [3.05, 3.63) is 48.0 Å². The van der Waals surface area contributed by atoms with Crippen molar-refractivity contribution in [1.29, 1.82) is 0 Å². The number of hydrogen-bond donors (Lipinski definition) is 1. The van der Waals surface area contributed by atoms with Gasteiger partial charge in [-0.15, -0.1) is 0 Å². The average Bonchev–Trinajstić information content (AvgIpc) is 2.63. The van der Waals surface area contributed by atoms with Crippen LogP contribution < -0.4 is 0 Å². The molecule has 2 aliphatic heterocycles. The third-order valence-corrected chi connectivity index (χ3v) is 4.64. The van der Waals surface area contributed by atoms with E-state index in [0.717, 1.165) is 57.1 Å². The number of hydrogen-bond acceptors (Lipinski definition) is 5. The predicted octanol–water partition coefficient (Wildman–Crippen LogP) is 2.34. The Morgan fingerprint density at radius 1 is 1.17 bits per heavy atom. The molecule has 5 heteroatoms. The van der Waals surface area contributed by atoms with Gasteiger partial charge in [0, 0.05) is 38.6 Å². The monoisotopic (exact) mass is 318 g/mol. The lowest BCUT2D eigenvalue weighted by Crippen LogP contribution is -2.50. The van der Waals surface area contributed by atoms with E-state index in [-0.39, 0.29) is 12.6 Å². The van der Waals surface area contributed by atoms with Gasteiger partial charge in [-0.3, -0.25) is 4.90 Å². The van der Waals surface area contributed by atoms with Gasteiger partial charge in [-0.25, -0.2) is 0 Å². The van der Waals surface area contributed by atoms with Crippen molar-refractivity contribution < 1.29 is 14.6 Å². The van der Waals surface area contributed by atoms with Crippen LogP contribution in [0.2, 0.25) is 0 Å². The van der Waals surface area contributed by atoms with Crippen molar-refractivity contribution in [3.8, 4) is 0 Å². The molecule has 0 aromatic carbocycles. The molecule has 3 rings (SSSR count). The molecular weight excluding hydrogens is 292 g/mol. The second kappa shape index (κ2) is 7.70. The molecule has 126 valence electrons. The maximum atomic E-state index is 9.24. The van der Waals surface area contributed by atoms with Gasteiger partial charge < -0.3 is 19.5 Å². The number of allylic oxidation sites excluding steroid dienone is 4. The average molecular weight is 318 g/mol. The summed E-state index contributed by atoms with van der Waals surface area (Å²) < 4.78 is 11.5. The van der Waals surface area contributed by atoms with Gasteiger partial charge in [0.15, 0.2) is 6.26 Å². The Kier molecular flexibility index (Phi) is 5.41. The van der Waals surface area contributed by atoms with Gasteiger partial charge in [0.1, 0.15) is 12.0 Å². The van der Waals surface area contributed by atoms with Crippen molar-refractivity contribution in [2.45, 2.75) is 32.2 Å². The number of ether oxygens (including phenoxy) is 2. The zero-order valence-corrected chi connectivity index (χ0v) is 13.8. The van der Waals surface area contributed by atoms with Gasteiger partial charge in [-0.1, -0.05) is 23.8 Å². The third-order valence-electron chi connectivity index (χ3n) is 4.64. The molecule has 1 unspecified atom stereocenters. The van der Waals surface area contributed by atoms with Gasteiger partial charge in [0.2, 0.25) is 5.88 Å². The fraction of sp³-hybridized carbons (Fsp3) is 0.556. The quantitative estimate of drug-likeness (QED) is 0.843. The zero-order chi connectivity index (χ0) is 16.1. The minimum absolute atomic E-state index is 0.208. The number of aliphatic hydroxyl groups is 1. The van der Waals surface area contributed by atoms with Gasteiger partial charge in [-0.2, -0.15) is 0 Å². The van der Waals surface area contributed by atoms with E-state index < -0.39 is 0 Å². The first-order valence-electron chi connectivity index (χ1n) is 8.43. The van der Waals surface area contributed by atoms with Gasteiger partial charge >= 0.3 is 0 Å². The topological polar surface area (TPSA) is 45.2 Å². The highest BCUT2D eigenvalue weighted by atomic mass is 16.6. The predicted molar refractivity (Wildman–Crippen MR) is 89.1 cm³/mol. The highest BCUT2D eigenvalue weighted by Crippen LogP contribution is 2.25. The van der Waals surface area contributed by atoms with E-state index in [9.17, 15) is 5.11 Å². The largest absolute Gasteiger partial charge is 0.460 e. The van der Waals surface area contributed by atoms with E-state index in [1.165, 1.54) is 5.57 Å². The van der Waals surface area contributed by atoms with Crippen LogP contribution in [0.15, 0.2) is 48.0 Å². The first-order valence-corrected chi connectivity index (χ1v) is 8.43. The summed E-state index contributed by atoms with van der Waals surface area (Å²) in [6.07, 6.45) is 12.9. The molecule has 0 amide bonds. The Hall–Kier alpha value is -1.72. The molecule has 23 heavy (non-hydrogen) atoms. The normalized spacial score (nSPS) is 23.4. The molecular formula is C18H26N2O3. The van der Waals surface area contributed by atoms with Crippen LogP contribution in [0.25, 0.3) is 0 Å². The molecule has 0 aromatic rings. The number of piperazine rings is 1. The number of aliphatic hydroxyl groups excluding tert-OH is 1. The van der Waals surface area contributed by atoms with Crippen LogP contribution in [0, 0.1) is 0 Å². The Labute approximate surface area is 138 Å². The summed E-state index contributed by atoms with van der Waals surface area (Å²) in [5.74, 6) is 1.64. The lowest BCUT2D eigenvalue weighted by Gasteiger charge is -2.38. The van der Waals surface area contributed by atoms with Crippen LogP contribution in [-0.2, 0) is 9.47 Å². The molecule has 3 aliphatic rings. The standard InChI is InChI=1S/C18H26N2O3/c1-15(12-21)19-7-9-20(10-8-19)18-14-22-17(13-23-18)11-16-5-3-2-4-6-16/h2-3,5,13-15,21H,4,6-12H2,1H3. The molecule has 1 aliphatic carbocycles. The summed E-state index contributed by atoms with van der Waals surface area (Å²) in [4.78, 5) is 4.49. The van der Waals surface area contributed by atoms with Crippen LogP contribution in [0.3, 0.4) is 0 Å². The second-order valence-corrected chi connectivity index (χ2v) is 6.30. The molecule has 0 saturated carbocycles. The minimum Gasteiger partial charge on any atom is -0.460 e. The number of rotatable bonds is 5. The molecule has 1 N–H and O–H groups in total. The van der Waals surface area contributed by atoms with E-state index in [0.29, 0.717) is 0 Å². The van der Waals surface area contributed by atoms with Crippen molar-refractivity contribution in [3.63, 3.8) is 0 Å². The van der Waals surface area contributed by atoms with Gasteiger partial charge in [0.05, 0.1) is 6.61 Å². The molecule has 5 nitrogen and oxygen atoms in total. The summed E-state index contributed by atoms with van der Waals surface area (Å²) in [6.45, 7) is 5.90. The van der Waals surface area contributed by atoms with Crippen LogP contribution in [-0.4, -0.2) is 53.7 Å². The summed E-state index contributed by atoms with van der Waals surface area (Å²) in [6, 6.07) is 0.221. The first-order chi connectivity index (χ1) is 11.3. The summed E-state index contributed by atoms with van der Waals surface area (Å²) >= 11 is 0. The molecule has 0 aromatic heterocycles. The fourth-order valence-electron chi connectivity index (χ4n) is 3.06. The molecule has 1 atom stereocenters. The van der Waals surface area contributed by atoms with Crippen molar-refractivity contribution in [2.24, 2.45) is 0 Å². The van der Waals surface area contributed by atoms with Crippen LogP contribution >= 0.6 is 0 Å². The number of nitrogens with zero attached hydrogens (tertiary/aromatic N) is 2. The molecule has 1 fully saturated rings. The summed E-state index contributed by atoms with van der Waals surface area (Å²) in [7, 11) is 0. The molecule has 1 saturated heterocycles. The van der Waals surface area contributed by atoms with E-state index in [1.54, 1.807) is 12.5 Å². The van der Waals surface area contributed by atoms with Crippen LogP contribution in [0.5, 0.6) is 0 Å². The maximum absolute atomic E-state index is 9.24. The van der Waals surface area contributed by atoms with Crippen LogP contribution in [0.1, 0.15) is 26.2 Å². The second-order valence-electron chi connectivity index (χ2n) is 6.30. The molecule has 0 spiro atoms. The lowest BCUT2D eigenvalue weighted by molar-refractivity contribution is 0.0519. The highest BCUT2D eigenvalue weighted by molar-refractivity contribution is 5.22.